The van der Waals surface area contributed by atoms with Crippen LogP contribution in [0.2, 0.25) is 0 Å². The van der Waals surface area contributed by atoms with Gasteiger partial charge < -0.3 is 5.32 Å². The summed E-state index contributed by atoms with van der Waals surface area (Å²) in [5.41, 5.74) is 1.37. The number of carbonyl (C=O) groups is 1. The highest BCUT2D eigenvalue weighted by atomic mass is 16.1. The lowest BCUT2D eigenvalue weighted by atomic mass is 10.00. The molecule has 2 aromatic carbocycles. The van der Waals surface area contributed by atoms with Crippen LogP contribution in [-0.4, -0.2) is 5.91 Å². The first-order valence-corrected chi connectivity index (χ1v) is 5.88. The molecule has 1 aliphatic rings. The van der Waals surface area contributed by atoms with E-state index in [9.17, 15) is 4.79 Å². The Morgan fingerprint density at radius 2 is 1.67 bits per heavy atom. The van der Waals surface area contributed by atoms with E-state index < -0.39 is 0 Å². The largest absolute Gasteiger partial charge is 0.322 e. The summed E-state index contributed by atoms with van der Waals surface area (Å²) < 4.78 is 0. The number of nitrogens with one attached hydrogen (secondary N) is 1. The lowest BCUT2D eigenvalue weighted by molar-refractivity contribution is -0.112. The van der Waals surface area contributed by atoms with E-state index in [0.29, 0.717) is 5.57 Å². The highest BCUT2D eigenvalue weighted by Crippen LogP contribution is 2.20. The first-order valence-electron chi connectivity index (χ1n) is 5.88. The number of anilines is 1. The van der Waals surface area contributed by atoms with Crippen LogP contribution < -0.4 is 5.32 Å². The third kappa shape index (κ3) is 1.46. The fourth-order valence-corrected chi connectivity index (χ4v) is 2.27. The molecule has 1 N–H and O–H groups in total. The van der Waals surface area contributed by atoms with Crippen molar-refractivity contribution < 1.29 is 4.79 Å². The van der Waals surface area contributed by atoms with Crippen molar-refractivity contribution in [1.82, 2.24) is 0 Å². The van der Waals surface area contributed by atoms with Crippen LogP contribution in [0.15, 0.2) is 54.6 Å². The topological polar surface area (TPSA) is 29.1 Å². The molecule has 0 unspecified atom stereocenters. The predicted octanol–water partition coefficient (Wildman–Crippen LogP) is 3.09. The van der Waals surface area contributed by atoms with Crippen LogP contribution >= 0.6 is 0 Å². The summed E-state index contributed by atoms with van der Waals surface area (Å²) in [6.07, 6.45) is 0. The number of benzene rings is 2. The molecule has 2 heteroatoms. The van der Waals surface area contributed by atoms with Crippen molar-refractivity contribution in [3.05, 3.63) is 75.5 Å². The molecule has 2 nitrogen and oxygen atoms in total. The van der Waals surface area contributed by atoms with Crippen LogP contribution in [0.4, 0.5) is 5.69 Å². The van der Waals surface area contributed by atoms with Gasteiger partial charge in [0, 0.05) is 16.5 Å². The van der Waals surface area contributed by atoms with E-state index in [0.717, 1.165) is 10.9 Å². The fourth-order valence-electron chi connectivity index (χ4n) is 2.27. The minimum atomic E-state index is -0.132. The van der Waals surface area contributed by atoms with Gasteiger partial charge in [-0.2, -0.15) is 0 Å². The molecule has 18 heavy (non-hydrogen) atoms. The first-order chi connectivity index (χ1) is 8.68. The Morgan fingerprint density at radius 1 is 1.00 bits per heavy atom. The molecule has 0 heterocycles. The lowest BCUT2D eigenvalue weighted by Gasteiger charge is -2.11. The van der Waals surface area contributed by atoms with Crippen molar-refractivity contribution in [3.63, 3.8) is 0 Å². The average molecular weight is 235 g/mol. The van der Waals surface area contributed by atoms with Gasteiger partial charge in [-0.05, 0) is 28.6 Å². The SMILES string of the molecule is C=C(C)C(=O)Nc1cccc2c1=c1ccccc1=2. The highest BCUT2D eigenvalue weighted by molar-refractivity contribution is 6.02. The third-order valence-corrected chi connectivity index (χ3v) is 3.19. The monoisotopic (exact) mass is 235 g/mol. The van der Waals surface area contributed by atoms with E-state index in [2.05, 4.69) is 30.1 Å². The van der Waals surface area contributed by atoms with E-state index >= 15 is 0 Å². The summed E-state index contributed by atoms with van der Waals surface area (Å²) in [7, 11) is 0. The van der Waals surface area contributed by atoms with Gasteiger partial charge in [-0.15, -0.1) is 0 Å². The molecule has 2 aromatic rings. The summed E-state index contributed by atoms with van der Waals surface area (Å²) in [6, 6.07) is 14.2. The summed E-state index contributed by atoms with van der Waals surface area (Å²) in [5.74, 6) is -0.132. The minimum absolute atomic E-state index is 0.132. The van der Waals surface area contributed by atoms with E-state index in [-0.39, 0.29) is 5.91 Å². The molecule has 0 aromatic heterocycles. The molecule has 3 rings (SSSR count). The third-order valence-electron chi connectivity index (χ3n) is 3.19. The summed E-state index contributed by atoms with van der Waals surface area (Å²) in [4.78, 5) is 11.7. The van der Waals surface area contributed by atoms with Crippen LogP contribution in [0.25, 0.3) is 0 Å². The number of hydrogen-bond donors (Lipinski definition) is 1. The minimum Gasteiger partial charge on any atom is -0.322 e. The summed E-state index contributed by atoms with van der Waals surface area (Å²) in [5, 5.41) is 7.68. The van der Waals surface area contributed by atoms with Gasteiger partial charge in [-0.3, -0.25) is 4.79 Å². The van der Waals surface area contributed by atoms with E-state index in [1.807, 2.05) is 24.3 Å². The Bertz CT molecular complexity index is 849. The molecule has 0 atom stereocenters. The van der Waals surface area contributed by atoms with Crippen LogP contribution in [-0.2, 0) is 4.79 Å². The van der Waals surface area contributed by atoms with Crippen molar-refractivity contribution in [2.75, 3.05) is 5.32 Å². The van der Waals surface area contributed by atoms with E-state index in [1.54, 1.807) is 6.92 Å². The second-order valence-corrected chi connectivity index (χ2v) is 4.51. The normalized spacial score (nSPS) is 10.9. The van der Waals surface area contributed by atoms with Gasteiger partial charge in [0.1, 0.15) is 0 Å². The number of carbonyl (C=O) groups excluding carboxylic acids is 1. The van der Waals surface area contributed by atoms with Crippen molar-refractivity contribution in [2.24, 2.45) is 0 Å². The van der Waals surface area contributed by atoms with Crippen LogP contribution in [0.3, 0.4) is 0 Å². The second-order valence-electron chi connectivity index (χ2n) is 4.51. The van der Waals surface area contributed by atoms with Gasteiger partial charge in [0.05, 0.1) is 0 Å². The smallest absolute Gasteiger partial charge is 0.250 e. The zero-order valence-electron chi connectivity index (χ0n) is 10.2. The van der Waals surface area contributed by atoms with Crippen LogP contribution in [0.1, 0.15) is 6.92 Å². The molecule has 88 valence electrons. The van der Waals surface area contributed by atoms with Gasteiger partial charge in [0.25, 0.3) is 5.91 Å². The molecular formula is C16H13NO. The van der Waals surface area contributed by atoms with Crippen LogP contribution in [0.5, 0.6) is 0 Å². The molecule has 0 spiro atoms. The molecular weight excluding hydrogens is 222 g/mol. The number of amides is 1. The fraction of sp³-hybridized carbons (Fsp3) is 0.0625. The standard InChI is InChI=1S/C16H13NO/c1-10(2)16(18)17-14-9-5-8-13-11-6-3-4-7-12(11)15(13)14/h3-9H,1H2,2H3,(H,17,18). The Hall–Kier alpha value is -2.35. The zero-order chi connectivity index (χ0) is 12.7. The van der Waals surface area contributed by atoms with Gasteiger partial charge in [0.2, 0.25) is 0 Å². The van der Waals surface area contributed by atoms with Gasteiger partial charge in [-0.25, -0.2) is 0 Å². The Morgan fingerprint density at radius 3 is 2.39 bits per heavy atom. The lowest BCUT2D eigenvalue weighted by Crippen LogP contribution is -2.13. The Labute approximate surface area is 105 Å². The van der Waals surface area contributed by atoms with Crippen molar-refractivity contribution in [3.8, 4) is 0 Å². The molecule has 0 saturated carbocycles. The number of fused-ring (bicyclic) bond motifs is 2. The summed E-state index contributed by atoms with van der Waals surface area (Å²) in [6.45, 7) is 5.36. The quantitative estimate of drug-likeness (QED) is 0.679. The molecule has 1 aliphatic carbocycles. The Balaban J connectivity index is 2.22. The molecule has 0 bridgehead atoms. The zero-order valence-corrected chi connectivity index (χ0v) is 10.2. The first kappa shape index (κ1) is 10.8. The second kappa shape index (κ2) is 3.84. The predicted molar refractivity (Wildman–Crippen MR) is 71.7 cm³/mol. The molecule has 0 saturated heterocycles. The van der Waals surface area contributed by atoms with Gasteiger partial charge >= 0.3 is 0 Å². The Kier molecular flexibility index (Phi) is 2.30. The molecule has 1 amide bonds. The van der Waals surface area contributed by atoms with E-state index in [1.165, 1.54) is 15.7 Å². The summed E-state index contributed by atoms with van der Waals surface area (Å²) >= 11 is 0. The van der Waals surface area contributed by atoms with E-state index in [4.69, 9.17) is 0 Å². The van der Waals surface area contributed by atoms with Gasteiger partial charge in [0.15, 0.2) is 0 Å². The highest BCUT2D eigenvalue weighted by Gasteiger charge is 2.09. The number of hydrogen-bond acceptors (Lipinski definition) is 1. The molecule has 0 aliphatic heterocycles. The maximum atomic E-state index is 11.7. The maximum Gasteiger partial charge on any atom is 0.250 e. The van der Waals surface area contributed by atoms with Crippen molar-refractivity contribution >= 4 is 11.6 Å². The molecule has 0 radical (unpaired) electrons. The maximum absolute atomic E-state index is 11.7. The van der Waals surface area contributed by atoms with Crippen molar-refractivity contribution in [2.45, 2.75) is 6.92 Å². The van der Waals surface area contributed by atoms with Crippen LogP contribution in [0, 0.1) is 20.9 Å². The van der Waals surface area contributed by atoms with Gasteiger partial charge in [-0.1, -0.05) is 43.0 Å². The average Bonchev–Trinajstić information content (AvgIpc) is 2.35. The number of rotatable bonds is 2. The molecule has 0 fully saturated rings. The van der Waals surface area contributed by atoms with Crippen molar-refractivity contribution in [1.29, 1.82) is 0 Å².